The molecular weight excluding hydrogens is 262 g/mol. The molecule has 0 aliphatic carbocycles. The van der Waals surface area contributed by atoms with Gasteiger partial charge < -0.3 is 18.8 Å². The van der Waals surface area contributed by atoms with Gasteiger partial charge in [0.25, 0.3) is 5.56 Å². The molecule has 0 aliphatic rings. The molecule has 0 unspecified atom stereocenters. The van der Waals surface area contributed by atoms with Crippen molar-refractivity contribution in [3.63, 3.8) is 0 Å². The molecular formula is C14H15NO5. The van der Waals surface area contributed by atoms with Crippen LogP contribution in [0.5, 0.6) is 17.2 Å². The zero-order chi connectivity index (χ0) is 14.9. The van der Waals surface area contributed by atoms with E-state index in [0.29, 0.717) is 16.7 Å². The number of benzene rings is 1. The lowest BCUT2D eigenvalue weighted by atomic mass is 10.1. The molecule has 0 bridgehead atoms. The summed E-state index contributed by atoms with van der Waals surface area (Å²) in [5.41, 5.74) is 0.180. The van der Waals surface area contributed by atoms with Crippen LogP contribution in [0.1, 0.15) is 6.92 Å². The molecule has 0 radical (unpaired) electrons. The topological polar surface area (TPSA) is 66.8 Å². The molecule has 0 atom stereocenters. The van der Waals surface area contributed by atoms with E-state index in [2.05, 4.69) is 0 Å². The molecule has 106 valence electrons. The van der Waals surface area contributed by atoms with Gasteiger partial charge in [-0.25, -0.2) is 0 Å². The van der Waals surface area contributed by atoms with E-state index in [-0.39, 0.29) is 11.5 Å². The number of methoxy groups -OCH3 is 2. The summed E-state index contributed by atoms with van der Waals surface area (Å²) < 4.78 is 16.8. The van der Waals surface area contributed by atoms with Gasteiger partial charge in [0.05, 0.1) is 19.7 Å². The summed E-state index contributed by atoms with van der Waals surface area (Å²) in [5, 5.41) is 0.659. The van der Waals surface area contributed by atoms with Crippen LogP contribution in [0.4, 0.5) is 0 Å². The first kappa shape index (κ1) is 13.9. The maximum atomic E-state index is 12.3. The summed E-state index contributed by atoms with van der Waals surface area (Å²) in [4.78, 5) is 23.4. The number of nitrogens with zero attached hydrogens (tertiary/aromatic N) is 1. The van der Waals surface area contributed by atoms with Gasteiger partial charge in [0, 0.05) is 25.4 Å². The van der Waals surface area contributed by atoms with Crippen LogP contribution in [0, 0.1) is 0 Å². The fourth-order valence-electron chi connectivity index (χ4n) is 2.03. The Balaban J connectivity index is 2.86. The van der Waals surface area contributed by atoms with Crippen molar-refractivity contribution in [3.05, 3.63) is 28.6 Å². The Morgan fingerprint density at radius 2 is 1.85 bits per heavy atom. The molecule has 0 spiro atoms. The van der Waals surface area contributed by atoms with Crippen molar-refractivity contribution >= 4 is 16.9 Å². The van der Waals surface area contributed by atoms with Crippen LogP contribution < -0.4 is 19.8 Å². The minimum absolute atomic E-state index is 0.111. The fraction of sp³-hybridized carbons (Fsp3) is 0.286. The molecule has 1 aromatic heterocycles. The van der Waals surface area contributed by atoms with E-state index in [4.69, 9.17) is 14.2 Å². The van der Waals surface area contributed by atoms with Crippen molar-refractivity contribution in [1.82, 2.24) is 4.57 Å². The van der Waals surface area contributed by atoms with Crippen molar-refractivity contribution in [3.8, 4) is 17.2 Å². The highest BCUT2D eigenvalue weighted by atomic mass is 16.6. The van der Waals surface area contributed by atoms with E-state index in [0.717, 1.165) is 0 Å². The molecule has 6 nitrogen and oxygen atoms in total. The third kappa shape index (κ3) is 2.20. The number of rotatable bonds is 3. The zero-order valence-electron chi connectivity index (χ0n) is 11.7. The number of ether oxygens (including phenoxy) is 3. The Morgan fingerprint density at radius 1 is 1.15 bits per heavy atom. The number of fused-ring (bicyclic) bond motifs is 1. The summed E-state index contributed by atoms with van der Waals surface area (Å²) in [7, 11) is 4.56. The van der Waals surface area contributed by atoms with E-state index >= 15 is 0 Å². The first-order valence-corrected chi connectivity index (χ1v) is 5.92. The van der Waals surface area contributed by atoms with Gasteiger partial charge in [-0.15, -0.1) is 0 Å². The molecule has 0 amide bonds. The normalized spacial score (nSPS) is 10.4. The molecule has 0 saturated carbocycles. The van der Waals surface area contributed by atoms with Crippen LogP contribution in [-0.2, 0) is 11.8 Å². The number of carbonyl (C=O) groups is 1. The minimum atomic E-state index is -0.576. The van der Waals surface area contributed by atoms with E-state index in [9.17, 15) is 9.59 Å². The number of esters is 1. The molecule has 0 aliphatic heterocycles. The van der Waals surface area contributed by atoms with Crippen molar-refractivity contribution in [2.45, 2.75) is 6.92 Å². The second-order valence-corrected chi connectivity index (χ2v) is 4.20. The van der Waals surface area contributed by atoms with Gasteiger partial charge in [-0.1, -0.05) is 0 Å². The summed E-state index contributed by atoms with van der Waals surface area (Å²) in [5.74, 6) is 0.171. The van der Waals surface area contributed by atoms with Crippen molar-refractivity contribution in [2.75, 3.05) is 14.2 Å². The van der Waals surface area contributed by atoms with Crippen molar-refractivity contribution in [2.24, 2.45) is 7.05 Å². The number of hydrogen-bond donors (Lipinski definition) is 0. The van der Waals surface area contributed by atoms with E-state index in [1.807, 2.05) is 0 Å². The number of aryl methyl sites for hydroxylation is 1. The van der Waals surface area contributed by atoms with Gasteiger partial charge in [-0.2, -0.15) is 0 Å². The van der Waals surface area contributed by atoms with Crippen LogP contribution in [0.15, 0.2) is 23.0 Å². The molecule has 2 rings (SSSR count). The van der Waals surface area contributed by atoms with Crippen molar-refractivity contribution < 1.29 is 19.0 Å². The molecule has 6 heteroatoms. The van der Waals surface area contributed by atoms with E-state index in [1.54, 1.807) is 32.4 Å². The lowest BCUT2D eigenvalue weighted by Gasteiger charge is -2.14. The van der Waals surface area contributed by atoms with Crippen LogP contribution in [-0.4, -0.2) is 24.8 Å². The fourth-order valence-corrected chi connectivity index (χ4v) is 2.03. The predicted octanol–water partition coefficient (Wildman–Crippen LogP) is 1.48. The standard InChI is InChI=1S/C14H15NO5/c1-8(16)20-13-12(19-4)10-6-5-9(18-3)7-11(10)15(2)14(13)17/h5-7H,1-4H3. The van der Waals surface area contributed by atoms with Gasteiger partial charge >= 0.3 is 5.97 Å². The van der Waals surface area contributed by atoms with Gasteiger partial charge in [0.15, 0.2) is 5.75 Å². The number of carbonyl (C=O) groups excluding carboxylic acids is 1. The Labute approximate surface area is 115 Å². The molecule has 2 aromatic rings. The summed E-state index contributed by atoms with van der Waals surface area (Å²) in [6.45, 7) is 1.23. The number of pyridine rings is 1. The van der Waals surface area contributed by atoms with Crippen LogP contribution in [0.25, 0.3) is 10.9 Å². The van der Waals surface area contributed by atoms with Gasteiger partial charge in [0.1, 0.15) is 5.75 Å². The maximum absolute atomic E-state index is 12.3. The Bertz CT molecular complexity index is 732. The van der Waals surface area contributed by atoms with Crippen LogP contribution in [0.2, 0.25) is 0 Å². The van der Waals surface area contributed by atoms with Gasteiger partial charge in [-0.3, -0.25) is 9.59 Å². The highest BCUT2D eigenvalue weighted by Crippen LogP contribution is 2.33. The second kappa shape index (κ2) is 5.24. The van der Waals surface area contributed by atoms with Gasteiger partial charge in [0.2, 0.25) is 5.75 Å². The highest BCUT2D eigenvalue weighted by Gasteiger charge is 2.19. The Kier molecular flexibility index (Phi) is 3.65. The SMILES string of the molecule is COc1ccc2c(OC)c(OC(C)=O)c(=O)n(C)c2c1. The highest BCUT2D eigenvalue weighted by molar-refractivity contribution is 5.89. The lowest BCUT2D eigenvalue weighted by Crippen LogP contribution is -2.22. The lowest BCUT2D eigenvalue weighted by molar-refractivity contribution is -0.132. The molecule has 0 fully saturated rings. The average Bonchev–Trinajstić information content (AvgIpc) is 2.44. The molecule has 1 heterocycles. The Morgan fingerprint density at radius 3 is 2.40 bits per heavy atom. The third-order valence-corrected chi connectivity index (χ3v) is 2.97. The number of hydrogen-bond acceptors (Lipinski definition) is 5. The molecule has 20 heavy (non-hydrogen) atoms. The second-order valence-electron chi connectivity index (χ2n) is 4.20. The Hall–Kier alpha value is -2.50. The van der Waals surface area contributed by atoms with E-state index in [1.165, 1.54) is 18.6 Å². The summed E-state index contributed by atoms with van der Waals surface area (Å²) >= 11 is 0. The first-order valence-electron chi connectivity index (χ1n) is 5.92. The molecule has 0 saturated heterocycles. The van der Waals surface area contributed by atoms with Crippen LogP contribution in [0.3, 0.4) is 0 Å². The monoisotopic (exact) mass is 277 g/mol. The predicted molar refractivity (Wildman–Crippen MR) is 73.6 cm³/mol. The zero-order valence-corrected chi connectivity index (χ0v) is 11.7. The first-order chi connectivity index (χ1) is 9.49. The maximum Gasteiger partial charge on any atom is 0.308 e. The van der Waals surface area contributed by atoms with Gasteiger partial charge in [-0.05, 0) is 12.1 Å². The molecule has 1 aromatic carbocycles. The average molecular weight is 277 g/mol. The third-order valence-electron chi connectivity index (χ3n) is 2.97. The number of aromatic nitrogens is 1. The summed E-state index contributed by atoms with van der Waals surface area (Å²) in [6.07, 6.45) is 0. The van der Waals surface area contributed by atoms with Crippen LogP contribution >= 0.6 is 0 Å². The van der Waals surface area contributed by atoms with Crippen molar-refractivity contribution in [1.29, 1.82) is 0 Å². The minimum Gasteiger partial charge on any atom is -0.497 e. The smallest absolute Gasteiger partial charge is 0.308 e. The summed E-state index contributed by atoms with van der Waals surface area (Å²) in [6, 6.07) is 5.21. The largest absolute Gasteiger partial charge is 0.497 e. The van der Waals surface area contributed by atoms with E-state index < -0.39 is 11.5 Å². The molecule has 0 N–H and O–H groups in total. The quantitative estimate of drug-likeness (QED) is 0.795.